The third kappa shape index (κ3) is 7.43. The molecule has 0 saturated carbocycles. The summed E-state index contributed by atoms with van der Waals surface area (Å²) in [7, 11) is 0. The highest BCUT2D eigenvalue weighted by Gasteiger charge is 2.23. The number of nitrogens with one attached hydrogen (secondary N) is 2. The number of thioether (sulfide) groups is 1. The second-order valence-electron chi connectivity index (χ2n) is 7.52. The topological polar surface area (TPSA) is 84.5 Å². The molecular formula is C24H30N2O4S. The van der Waals surface area contributed by atoms with E-state index in [1.807, 2.05) is 37.4 Å². The van der Waals surface area contributed by atoms with Crippen molar-refractivity contribution in [1.82, 2.24) is 5.32 Å². The van der Waals surface area contributed by atoms with E-state index in [-0.39, 0.29) is 11.8 Å². The Labute approximate surface area is 188 Å². The number of rotatable bonds is 10. The lowest BCUT2D eigenvalue weighted by Gasteiger charge is -2.19. The van der Waals surface area contributed by atoms with Gasteiger partial charge in [0.15, 0.2) is 6.61 Å². The van der Waals surface area contributed by atoms with Crippen molar-refractivity contribution in [3.8, 4) is 0 Å². The summed E-state index contributed by atoms with van der Waals surface area (Å²) in [4.78, 5) is 37.5. The van der Waals surface area contributed by atoms with Crippen molar-refractivity contribution in [3.05, 3.63) is 65.2 Å². The highest BCUT2D eigenvalue weighted by Crippen LogP contribution is 2.27. The van der Waals surface area contributed by atoms with Gasteiger partial charge in [0, 0.05) is 11.3 Å². The molecule has 0 saturated heterocycles. The van der Waals surface area contributed by atoms with E-state index < -0.39 is 24.5 Å². The van der Waals surface area contributed by atoms with Crippen LogP contribution >= 0.6 is 11.8 Å². The van der Waals surface area contributed by atoms with Gasteiger partial charge < -0.3 is 15.4 Å². The summed E-state index contributed by atoms with van der Waals surface area (Å²) in [5.74, 6) is -0.483. The van der Waals surface area contributed by atoms with E-state index in [4.69, 9.17) is 4.74 Å². The number of carbonyl (C=O) groups excluding carboxylic acids is 3. The molecule has 2 aromatic carbocycles. The van der Waals surface area contributed by atoms with E-state index in [0.29, 0.717) is 17.7 Å². The number of hydrogen-bond acceptors (Lipinski definition) is 5. The predicted octanol–water partition coefficient (Wildman–Crippen LogP) is 4.15. The first-order valence-electron chi connectivity index (χ1n) is 10.2. The molecule has 6 nitrogen and oxygen atoms in total. The van der Waals surface area contributed by atoms with Crippen molar-refractivity contribution >= 4 is 35.2 Å². The molecule has 1 atom stereocenters. The molecule has 2 rings (SSSR count). The average molecular weight is 443 g/mol. The standard InChI is InChI=1S/C24H30N2O4S/c1-16(2)19-12-8-9-17(3)22(19)26-21(27)15-30-24(29)20(13-14-31-4)25-23(28)18-10-6-5-7-11-18/h5-12,16,20H,13-15H2,1-4H3,(H,25,28)(H,26,27). The Morgan fingerprint density at radius 3 is 2.39 bits per heavy atom. The Hall–Kier alpha value is -2.80. The number of aryl methyl sites for hydroxylation is 1. The summed E-state index contributed by atoms with van der Waals surface area (Å²) in [5.41, 5.74) is 3.17. The van der Waals surface area contributed by atoms with Gasteiger partial charge in [-0.05, 0) is 54.5 Å². The molecule has 0 radical (unpaired) electrons. The van der Waals surface area contributed by atoms with Gasteiger partial charge in [-0.15, -0.1) is 0 Å². The van der Waals surface area contributed by atoms with Crippen LogP contribution < -0.4 is 10.6 Å². The highest BCUT2D eigenvalue weighted by atomic mass is 32.2. The number of esters is 1. The Bertz CT molecular complexity index is 900. The van der Waals surface area contributed by atoms with Crippen molar-refractivity contribution in [3.63, 3.8) is 0 Å². The third-order valence-electron chi connectivity index (χ3n) is 4.77. The van der Waals surface area contributed by atoms with E-state index in [9.17, 15) is 14.4 Å². The number of para-hydroxylation sites is 1. The number of carbonyl (C=O) groups is 3. The fourth-order valence-corrected chi connectivity index (χ4v) is 3.54. The molecular weight excluding hydrogens is 412 g/mol. The highest BCUT2D eigenvalue weighted by molar-refractivity contribution is 7.98. The minimum absolute atomic E-state index is 0.238. The van der Waals surface area contributed by atoms with E-state index in [1.54, 1.807) is 36.0 Å². The van der Waals surface area contributed by atoms with Gasteiger partial charge in [0.25, 0.3) is 11.8 Å². The Kier molecular flexibility index (Phi) is 9.59. The van der Waals surface area contributed by atoms with Gasteiger partial charge in [-0.1, -0.05) is 50.2 Å². The average Bonchev–Trinajstić information content (AvgIpc) is 2.76. The zero-order valence-electron chi connectivity index (χ0n) is 18.4. The molecule has 31 heavy (non-hydrogen) atoms. The van der Waals surface area contributed by atoms with Crippen LogP contribution in [0.25, 0.3) is 0 Å². The molecule has 0 aliphatic rings. The van der Waals surface area contributed by atoms with Crippen LogP contribution in [0.5, 0.6) is 0 Å². The molecule has 0 heterocycles. The first kappa shape index (κ1) is 24.5. The lowest BCUT2D eigenvalue weighted by atomic mass is 9.98. The summed E-state index contributed by atoms with van der Waals surface area (Å²) in [5, 5.41) is 5.57. The van der Waals surface area contributed by atoms with E-state index in [0.717, 1.165) is 16.8 Å². The van der Waals surface area contributed by atoms with Crippen LogP contribution in [0.3, 0.4) is 0 Å². The molecule has 0 aromatic heterocycles. The largest absolute Gasteiger partial charge is 0.454 e. The lowest BCUT2D eigenvalue weighted by molar-refractivity contribution is -0.149. The molecule has 0 spiro atoms. The molecule has 0 fully saturated rings. The summed E-state index contributed by atoms with van der Waals surface area (Å²) in [6, 6.07) is 13.7. The van der Waals surface area contributed by atoms with Gasteiger partial charge in [0.2, 0.25) is 0 Å². The molecule has 7 heteroatoms. The minimum Gasteiger partial charge on any atom is -0.454 e. The molecule has 2 N–H and O–H groups in total. The summed E-state index contributed by atoms with van der Waals surface area (Å²) in [6.07, 6.45) is 2.33. The Balaban J connectivity index is 1.99. The predicted molar refractivity (Wildman–Crippen MR) is 126 cm³/mol. The molecule has 2 amide bonds. The second kappa shape index (κ2) is 12.2. The van der Waals surface area contributed by atoms with Crippen molar-refractivity contribution in [2.45, 2.75) is 39.2 Å². The summed E-state index contributed by atoms with van der Waals surface area (Å²) >= 11 is 1.56. The smallest absolute Gasteiger partial charge is 0.329 e. The van der Waals surface area contributed by atoms with Gasteiger partial charge in [0.05, 0.1) is 0 Å². The fraction of sp³-hybridized carbons (Fsp3) is 0.375. The van der Waals surface area contributed by atoms with Crippen molar-refractivity contribution in [2.24, 2.45) is 0 Å². The van der Waals surface area contributed by atoms with Crippen molar-refractivity contribution < 1.29 is 19.1 Å². The summed E-state index contributed by atoms with van der Waals surface area (Å²) < 4.78 is 5.24. The van der Waals surface area contributed by atoms with E-state index in [2.05, 4.69) is 24.5 Å². The zero-order chi connectivity index (χ0) is 22.8. The van der Waals surface area contributed by atoms with Crippen LogP contribution in [-0.2, 0) is 14.3 Å². The normalized spacial score (nSPS) is 11.6. The van der Waals surface area contributed by atoms with Gasteiger partial charge in [0.1, 0.15) is 6.04 Å². The monoisotopic (exact) mass is 442 g/mol. The van der Waals surface area contributed by atoms with Crippen LogP contribution in [-0.4, -0.2) is 42.4 Å². The SMILES string of the molecule is CSCCC(NC(=O)c1ccccc1)C(=O)OCC(=O)Nc1c(C)cccc1C(C)C. The second-order valence-corrected chi connectivity index (χ2v) is 8.51. The number of anilines is 1. The van der Waals surface area contributed by atoms with Crippen LogP contribution in [0.15, 0.2) is 48.5 Å². The number of benzene rings is 2. The van der Waals surface area contributed by atoms with Crippen LogP contribution in [0.1, 0.15) is 47.7 Å². The van der Waals surface area contributed by atoms with E-state index >= 15 is 0 Å². The van der Waals surface area contributed by atoms with Gasteiger partial charge >= 0.3 is 5.97 Å². The Morgan fingerprint density at radius 2 is 1.74 bits per heavy atom. The quantitative estimate of drug-likeness (QED) is 0.540. The summed E-state index contributed by atoms with van der Waals surface area (Å²) in [6.45, 7) is 5.61. The van der Waals surface area contributed by atoms with Crippen LogP contribution in [0.4, 0.5) is 5.69 Å². The number of ether oxygens (including phenoxy) is 1. The number of amides is 2. The van der Waals surface area contributed by atoms with Crippen LogP contribution in [0, 0.1) is 6.92 Å². The lowest BCUT2D eigenvalue weighted by Crippen LogP contribution is -2.43. The third-order valence-corrected chi connectivity index (χ3v) is 5.42. The molecule has 0 bridgehead atoms. The molecule has 0 aliphatic carbocycles. The molecule has 2 aromatic rings. The first-order chi connectivity index (χ1) is 14.8. The first-order valence-corrected chi connectivity index (χ1v) is 11.6. The molecule has 1 unspecified atom stereocenters. The Morgan fingerprint density at radius 1 is 1.03 bits per heavy atom. The van der Waals surface area contributed by atoms with Crippen LogP contribution in [0.2, 0.25) is 0 Å². The van der Waals surface area contributed by atoms with Gasteiger partial charge in [-0.3, -0.25) is 9.59 Å². The molecule has 166 valence electrons. The van der Waals surface area contributed by atoms with E-state index in [1.165, 1.54) is 0 Å². The molecule has 0 aliphatic heterocycles. The zero-order valence-corrected chi connectivity index (χ0v) is 19.3. The maximum absolute atomic E-state index is 12.6. The number of hydrogen-bond donors (Lipinski definition) is 2. The minimum atomic E-state index is -0.822. The van der Waals surface area contributed by atoms with Crippen molar-refractivity contribution in [2.75, 3.05) is 23.9 Å². The van der Waals surface area contributed by atoms with Gasteiger partial charge in [-0.2, -0.15) is 11.8 Å². The van der Waals surface area contributed by atoms with Gasteiger partial charge in [-0.25, -0.2) is 4.79 Å². The maximum atomic E-state index is 12.6. The maximum Gasteiger partial charge on any atom is 0.329 e. The van der Waals surface area contributed by atoms with Crippen molar-refractivity contribution in [1.29, 1.82) is 0 Å². The fourth-order valence-electron chi connectivity index (χ4n) is 3.07.